The van der Waals surface area contributed by atoms with Crippen LogP contribution in [0, 0.1) is 13.8 Å². The van der Waals surface area contributed by atoms with Gasteiger partial charge in [-0.1, -0.05) is 31.2 Å². The first-order chi connectivity index (χ1) is 12.0. The Morgan fingerprint density at radius 3 is 2.48 bits per heavy atom. The lowest BCUT2D eigenvalue weighted by Gasteiger charge is -2.22. The molecule has 0 aromatic heterocycles. The molecule has 0 aliphatic heterocycles. The summed E-state index contributed by atoms with van der Waals surface area (Å²) in [5.74, 6) is 1.35. The summed E-state index contributed by atoms with van der Waals surface area (Å²) < 4.78 is 11.3. The molecule has 2 aromatic rings. The van der Waals surface area contributed by atoms with Crippen LogP contribution in [0.3, 0.4) is 0 Å². The molecule has 0 bridgehead atoms. The van der Waals surface area contributed by atoms with Gasteiger partial charge in [0.15, 0.2) is 6.10 Å². The van der Waals surface area contributed by atoms with Crippen molar-refractivity contribution < 1.29 is 14.3 Å². The standard InChI is InChI=1S/C21H27NO3/c1-6-19(25-17-12-11-14(2)15(3)13-17)21(23)22-16(4)18-9-7-8-10-20(18)24-5/h7-13,16,19H,6H2,1-5H3,(H,22,23)/t16-,19-/m0/s1. The van der Waals surface area contributed by atoms with Crippen molar-refractivity contribution in [1.82, 2.24) is 5.32 Å². The third kappa shape index (κ3) is 4.75. The summed E-state index contributed by atoms with van der Waals surface area (Å²) in [6.07, 6.45) is 0.0662. The highest BCUT2D eigenvalue weighted by Gasteiger charge is 2.22. The van der Waals surface area contributed by atoms with Crippen LogP contribution in [-0.4, -0.2) is 19.1 Å². The molecule has 4 nitrogen and oxygen atoms in total. The minimum absolute atomic E-state index is 0.126. The molecule has 0 heterocycles. The molecule has 0 aliphatic carbocycles. The Morgan fingerprint density at radius 1 is 1.12 bits per heavy atom. The molecular weight excluding hydrogens is 314 g/mol. The summed E-state index contributed by atoms with van der Waals surface area (Å²) in [4.78, 5) is 12.6. The third-order valence-electron chi connectivity index (χ3n) is 4.38. The lowest BCUT2D eigenvalue weighted by molar-refractivity contribution is -0.128. The van der Waals surface area contributed by atoms with Gasteiger partial charge in [0.1, 0.15) is 11.5 Å². The van der Waals surface area contributed by atoms with Crippen LogP contribution in [0.15, 0.2) is 42.5 Å². The molecule has 0 radical (unpaired) electrons. The number of ether oxygens (including phenoxy) is 2. The Hall–Kier alpha value is -2.49. The first kappa shape index (κ1) is 18.8. The molecule has 1 amide bonds. The van der Waals surface area contributed by atoms with Crippen molar-refractivity contribution in [1.29, 1.82) is 0 Å². The highest BCUT2D eigenvalue weighted by atomic mass is 16.5. The highest BCUT2D eigenvalue weighted by molar-refractivity contribution is 5.81. The fourth-order valence-corrected chi connectivity index (χ4v) is 2.68. The molecule has 0 fully saturated rings. The van der Waals surface area contributed by atoms with Crippen LogP contribution < -0.4 is 14.8 Å². The number of para-hydroxylation sites is 1. The van der Waals surface area contributed by atoms with Crippen LogP contribution in [0.5, 0.6) is 11.5 Å². The van der Waals surface area contributed by atoms with Gasteiger partial charge in [-0.15, -0.1) is 0 Å². The average Bonchev–Trinajstić information content (AvgIpc) is 2.62. The fourth-order valence-electron chi connectivity index (χ4n) is 2.68. The van der Waals surface area contributed by atoms with Crippen LogP contribution in [0.1, 0.15) is 43.0 Å². The Morgan fingerprint density at radius 2 is 1.84 bits per heavy atom. The monoisotopic (exact) mass is 341 g/mol. The number of carbonyl (C=O) groups excluding carboxylic acids is 1. The molecule has 0 saturated heterocycles. The van der Waals surface area contributed by atoms with Crippen molar-refractivity contribution in [3.8, 4) is 11.5 Å². The van der Waals surface area contributed by atoms with E-state index in [1.165, 1.54) is 5.56 Å². The summed E-state index contributed by atoms with van der Waals surface area (Å²) in [6.45, 7) is 7.97. The zero-order valence-corrected chi connectivity index (χ0v) is 15.6. The van der Waals surface area contributed by atoms with Crippen molar-refractivity contribution in [2.45, 2.75) is 46.3 Å². The van der Waals surface area contributed by atoms with Crippen molar-refractivity contribution in [2.24, 2.45) is 0 Å². The number of amides is 1. The van der Waals surface area contributed by atoms with Crippen LogP contribution in [0.2, 0.25) is 0 Å². The highest BCUT2D eigenvalue weighted by Crippen LogP contribution is 2.25. The van der Waals surface area contributed by atoms with Gasteiger partial charge < -0.3 is 14.8 Å². The van der Waals surface area contributed by atoms with Crippen LogP contribution >= 0.6 is 0 Å². The zero-order valence-electron chi connectivity index (χ0n) is 15.6. The number of benzene rings is 2. The largest absolute Gasteiger partial charge is 0.496 e. The average molecular weight is 341 g/mol. The Kier molecular flexibility index (Phi) is 6.45. The first-order valence-corrected chi connectivity index (χ1v) is 8.63. The van der Waals surface area contributed by atoms with E-state index in [0.29, 0.717) is 6.42 Å². The van der Waals surface area contributed by atoms with Gasteiger partial charge >= 0.3 is 0 Å². The third-order valence-corrected chi connectivity index (χ3v) is 4.38. The van der Waals surface area contributed by atoms with Crippen molar-refractivity contribution in [3.63, 3.8) is 0 Å². The van der Waals surface area contributed by atoms with Crippen molar-refractivity contribution in [3.05, 3.63) is 59.2 Å². The molecular formula is C21H27NO3. The number of aryl methyl sites for hydroxylation is 2. The fraction of sp³-hybridized carbons (Fsp3) is 0.381. The predicted octanol–water partition coefficient (Wildman–Crippen LogP) is 4.35. The summed E-state index contributed by atoms with van der Waals surface area (Å²) in [7, 11) is 1.63. The molecule has 0 saturated carbocycles. The summed E-state index contributed by atoms with van der Waals surface area (Å²) in [5, 5.41) is 3.02. The van der Waals surface area contributed by atoms with Gasteiger partial charge in [-0.05, 0) is 56.5 Å². The minimum Gasteiger partial charge on any atom is -0.496 e. The first-order valence-electron chi connectivity index (χ1n) is 8.63. The van der Waals surface area contributed by atoms with Gasteiger partial charge in [0, 0.05) is 5.56 Å². The van der Waals surface area contributed by atoms with Gasteiger partial charge in [0.05, 0.1) is 13.2 Å². The van der Waals surface area contributed by atoms with E-state index in [2.05, 4.69) is 12.2 Å². The second-order valence-electron chi connectivity index (χ2n) is 6.23. The Balaban J connectivity index is 2.07. The maximum Gasteiger partial charge on any atom is 0.261 e. The van der Waals surface area contributed by atoms with E-state index in [-0.39, 0.29) is 11.9 Å². The Labute approximate surface area is 150 Å². The van der Waals surface area contributed by atoms with Gasteiger partial charge in [0.2, 0.25) is 0 Å². The van der Waals surface area contributed by atoms with Gasteiger partial charge in [-0.2, -0.15) is 0 Å². The van der Waals surface area contributed by atoms with Crippen LogP contribution in [0.4, 0.5) is 0 Å². The summed E-state index contributed by atoms with van der Waals surface area (Å²) >= 11 is 0. The number of hydrogen-bond acceptors (Lipinski definition) is 3. The van der Waals surface area contributed by atoms with Gasteiger partial charge in [-0.3, -0.25) is 4.79 Å². The minimum atomic E-state index is -0.528. The quantitative estimate of drug-likeness (QED) is 0.814. The van der Waals surface area contributed by atoms with Gasteiger partial charge in [0.25, 0.3) is 5.91 Å². The molecule has 134 valence electrons. The van der Waals surface area contributed by atoms with Crippen molar-refractivity contribution >= 4 is 5.91 Å². The second-order valence-corrected chi connectivity index (χ2v) is 6.23. The topological polar surface area (TPSA) is 47.6 Å². The molecule has 4 heteroatoms. The van der Waals surface area contributed by atoms with E-state index in [0.717, 1.165) is 22.6 Å². The Bertz CT molecular complexity index is 727. The maximum atomic E-state index is 12.6. The molecule has 0 unspecified atom stereocenters. The van der Waals surface area contributed by atoms with E-state index in [1.807, 2.05) is 63.2 Å². The van der Waals surface area contributed by atoms with E-state index >= 15 is 0 Å². The van der Waals surface area contributed by atoms with E-state index in [1.54, 1.807) is 7.11 Å². The van der Waals surface area contributed by atoms with E-state index < -0.39 is 6.10 Å². The van der Waals surface area contributed by atoms with Gasteiger partial charge in [-0.25, -0.2) is 0 Å². The normalized spacial score (nSPS) is 13.0. The molecule has 0 spiro atoms. The number of rotatable bonds is 7. The summed E-state index contributed by atoms with van der Waals surface area (Å²) in [6, 6.07) is 13.4. The predicted molar refractivity (Wildman–Crippen MR) is 100 cm³/mol. The second kappa shape index (κ2) is 8.56. The number of carbonyl (C=O) groups is 1. The number of hydrogen-bond donors (Lipinski definition) is 1. The zero-order chi connectivity index (χ0) is 18.4. The molecule has 25 heavy (non-hydrogen) atoms. The SMILES string of the molecule is CC[C@H](Oc1ccc(C)c(C)c1)C(=O)N[C@@H](C)c1ccccc1OC. The summed E-state index contributed by atoms with van der Waals surface area (Å²) in [5.41, 5.74) is 3.30. The molecule has 2 rings (SSSR count). The number of nitrogens with one attached hydrogen (secondary N) is 1. The lowest BCUT2D eigenvalue weighted by atomic mass is 10.1. The van der Waals surface area contributed by atoms with Crippen molar-refractivity contribution in [2.75, 3.05) is 7.11 Å². The molecule has 2 aromatic carbocycles. The molecule has 0 aliphatic rings. The maximum absolute atomic E-state index is 12.6. The van der Waals surface area contributed by atoms with Crippen LogP contribution in [0.25, 0.3) is 0 Å². The molecule has 2 atom stereocenters. The van der Waals surface area contributed by atoms with E-state index in [4.69, 9.17) is 9.47 Å². The van der Waals surface area contributed by atoms with Crippen LogP contribution in [-0.2, 0) is 4.79 Å². The lowest BCUT2D eigenvalue weighted by Crippen LogP contribution is -2.39. The van der Waals surface area contributed by atoms with E-state index in [9.17, 15) is 4.79 Å². The smallest absolute Gasteiger partial charge is 0.261 e. The molecule has 1 N–H and O–H groups in total. The number of methoxy groups -OCH3 is 1.